The number of nitrogens with one attached hydrogen (secondary N) is 1. The van der Waals surface area contributed by atoms with Crippen molar-refractivity contribution in [3.05, 3.63) is 29.3 Å². The highest BCUT2D eigenvalue weighted by molar-refractivity contribution is 9.09. The Morgan fingerprint density at radius 2 is 1.97 bits per heavy atom. The molecule has 2 amide bonds. The van der Waals surface area contributed by atoms with Crippen molar-refractivity contribution in [1.82, 2.24) is 4.90 Å². The van der Waals surface area contributed by atoms with Crippen LogP contribution in [0.2, 0.25) is 0 Å². The highest BCUT2D eigenvalue weighted by Crippen LogP contribution is 2.67. The van der Waals surface area contributed by atoms with Crippen LogP contribution in [0.3, 0.4) is 0 Å². The number of carbonyl (C=O) groups is 3. The molecule has 1 spiro atoms. The Labute approximate surface area is 213 Å². The van der Waals surface area contributed by atoms with Crippen LogP contribution in [-0.2, 0) is 19.1 Å². The first-order valence-corrected chi connectivity index (χ1v) is 13.8. The molecule has 3 unspecified atom stereocenters. The molecule has 1 aromatic rings. The number of aryl methyl sites for hydroxylation is 2. The number of nitrogens with zero attached hydrogens (tertiary/aromatic N) is 1. The summed E-state index contributed by atoms with van der Waals surface area (Å²) >= 11 is 5.36. The summed E-state index contributed by atoms with van der Waals surface area (Å²) in [5.74, 6) is -1.80. The number of para-hydroxylation sites is 1. The number of fused-ring (bicyclic) bond motifs is 1. The number of anilines is 1. The normalized spacial score (nSPS) is 31.6. The number of likely N-dealkylation sites (tertiary alicyclic amines) is 1. The first-order valence-electron chi connectivity index (χ1n) is 12.0. The van der Waals surface area contributed by atoms with Crippen LogP contribution < -0.4 is 5.32 Å². The number of aliphatic hydroxyl groups is 1. The Hall–Kier alpha value is -1.58. The van der Waals surface area contributed by atoms with E-state index in [2.05, 4.69) is 21.2 Å². The van der Waals surface area contributed by atoms with Crippen LogP contribution in [0.4, 0.5) is 5.69 Å². The second-order valence-electron chi connectivity index (χ2n) is 9.49. The van der Waals surface area contributed by atoms with Gasteiger partial charge in [-0.2, -0.15) is 0 Å². The monoisotopic (exact) mass is 552 g/mol. The molecule has 4 rings (SSSR count). The number of alkyl halides is 1. The van der Waals surface area contributed by atoms with E-state index < -0.39 is 22.6 Å². The van der Waals surface area contributed by atoms with E-state index in [1.54, 1.807) is 23.6 Å². The largest absolute Gasteiger partial charge is 0.466 e. The number of hydrogen-bond donors (Lipinski definition) is 2. The lowest BCUT2D eigenvalue weighted by molar-refractivity contribution is -0.153. The maximum Gasteiger partial charge on any atom is 0.310 e. The van der Waals surface area contributed by atoms with Gasteiger partial charge in [0.05, 0.1) is 23.2 Å². The number of hydrogen-bond acceptors (Lipinski definition) is 6. The van der Waals surface area contributed by atoms with Gasteiger partial charge < -0.3 is 20.1 Å². The van der Waals surface area contributed by atoms with Crippen LogP contribution in [0.25, 0.3) is 0 Å². The standard InChI is InChI=1S/C25H33BrN2O5S/c1-4-33-24(32)17-18-23(31)28(11-6-5-7-12-29)21(25(18)13-16(26)20(17)34-25)22(30)27-19-14(2)9-8-10-15(19)3/h8-10,16-18,20-21,29H,4-7,11-13H2,1-3H3,(H,27,30)/t16?,17-,18+,20-,21?,25?/m1/s1. The molecule has 9 heteroatoms. The minimum Gasteiger partial charge on any atom is -0.466 e. The van der Waals surface area contributed by atoms with E-state index >= 15 is 0 Å². The van der Waals surface area contributed by atoms with E-state index in [-0.39, 0.29) is 41.1 Å². The molecule has 2 bridgehead atoms. The Morgan fingerprint density at radius 1 is 1.26 bits per heavy atom. The van der Waals surface area contributed by atoms with Crippen LogP contribution >= 0.6 is 27.7 Å². The Bertz CT molecular complexity index is 954. The molecular formula is C25H33BrN2O5S. The van der Waals surface area contributed by atoms with Crippen molar-refractivity contribution in [2.24, 2.45) is 11.8 Å². The molecule has 3 heterocycles. The summed E-state index contributed by atoms with van der Waals surface area (Å²) < 4.78 is 4.70. The lowest BCUT2D eigenvalue weighted by atomic mass is 9.71. The second kappa shape index (κ2) is 10.2. The molecule has 7 nitrogen and oxygen atoms in total. The number of unbranched alkanes of at least 4 members (excludes halogenated alkanes) is 2. The number of amides is 2. The minimum atomic E-state index is -0.676. The third-order valence-electron chi connectivity index (χ3n) is 7.38. The first kappa shape index (κ1) is 25.5. The Balaban J connectivity index is 1.70. The van der Waals surface area contributed by atoms with Crippen LogP contribution in [0.1, 0.15) is 43.7 Å². The van der Waals surface area contributed by atoms with Gasteiger partial charge in [0.1, 0.15) is 6.04 Å². The number of aliphatic hydroxyl groups excluding tert-OH is 1. The average Bonchev–Trinajstić information content (AvgIpc) is 3.37. The molecule has 0 aromatic heterocycles. The van der Waals surface area contributed by atoms with Crippen molar-refractivity contribution in [3.8, 4) is 0 Å². The van der Waals surface area contributed by atoms with Crippen molar-refractivity contribution in [2.75, 3.05) is 25.1 Å². The average molecular weight is 554 g/mol. The lowest BCUT2D eigenvalue weighted by Crippen LogP contribution is -2.52. The fourth-order valence-corrected chi connectivity index (χ4v) is 9.55. The van der Waals surface area contributed by atoms with Gasteiger partial charge in [-0.3, -0.25) is 14.4 Å². The zero-order chi connectivity index (χ0) is 24.6. The molecule has 0 saturated carbocycles. The Kier molecular flexibility index (Phi) is 7.64. The number of thioether (sulfide) groups is 1. The van der Waals surface area contributed by atoms with Gasteiger partial charge in [0.25, 0.3) is 0 Å². The SMILES string of the molecule is CCOC(=O)[C@H]1[C@@H]2SC3(CC2Br)C(C(=O)Nc2c(C)cccc2C)N(CCCCCO)C(=O)[C@H]13. The van der Waals surface area contributed by atoms with Crippen molar-refractivity contribution >= 4 is 51.2 Å². The van der Waals surface area contributed by atoms with Gasteiger partial charge in [0.2, 0.25) is 11.8 Å². The second-order valence-corrected chi connectivity index (χ2v) is 12.2. The van der Waals surface area contributed by atoms with E-state index in [1.165, 1.54) is 0 Å². The number of esters is 1. The van der Waals surface area contributed by atoms with Gasteiger partial charge in [-0.25, -0.2) is 0 Å². The van der Waals surface area contributed by atoms with E-state index in [9.17, 15) is 14.4 Å². The summed E-state index contributed by atoms with van der Waals surface area (Å²) in [5.41, 5.74) is 2.70. The Morgan fingerprint density at radius 3 is 2.62 bits per heavy atom. The van der Waals surface area contributed by atoms with Gasteiger partial charge in [-0.1, -0.05) is 34.1 Å². The highest BCUT2D eigenvalue weighted by atomic mass is 79.9. The summed E-state index contributed by atoms with van der Waals surface area (Å²) in [6, 6.07) is 5.19. The smallest absolute Gasteiger partial charge is 0.310 e. The van der Waals surface area contributed by atoms with E-state index in [0.717, 1.165) is 23.2 Å². The minimum absolute atomic E-state index is 0.0285. The highest BCUT2D eigenvalue weighted by Gasteiger charge is 2.75. The number of ether oxygens (including phenoxy) is 1. The summed E-state index contributed by atoms with van der Waals surface area (Å²) in [7, 11) is 0. The van der Waals surface area contributed by atoms with E-state index in [0.29, 0.717) is 25.8 Å². The van der Waals surface area contributed by atoms with Crippen LogP contribution in [0.15, 0.2) is 18.2 Å². The molecule has 0 aliphatic carbocycles. The predicted octanol–water partition coefficient (Wildman–Crippen LogP) is 3.43. The quantitative estimate of drug-likeness (QED) is 0.277. The third-order valence-corrected chi connectivity index (χ3v) is 10.6. The van der Waals surface area contributed by atoms with Crippen molar-refractivity contribution in [2.45, 2.75) is 67.3 Å². The van der Waals surface area contributed by atoms with Gasteiger partial charge in [-0.15, -0.1) is 11.8 Å². The van der Waals surface area contributed by atoms with Gasteiger partial charge in [0, 0.05) is 28.9 Å². The van der Waals surface area contributed by atoms with E-state index in [4.69, 9.17) is 9.84 Å². The van der Waals surface area contributed by atoms with Crippen LogP contribution in [0.5, 0.6) is 0 Å². The maximum absolute atomic E-state index is 13.9. The number of carbonyl (C=O) groups excluding carboxylic acids is 3. The van der Waals surface area contributed by atoms with Crippen molar-refractivity contribution < 1.29 is 24.2 Å². The molecule has 3 fully saturated rings. The molecule has 6 atom stereocenters. The number of benzene rings is 1. The predicted molar refractivity (Wildman–Crippen MR) is 136 cm³/mol. The summed E-state index contributed by atoms with van der Waals surface area (Å²) in [4.78, 5) is 42.4. The van der Waals surface area contributed by atoms with Gasteiger partial charge in [0.15, 0.2) is 0 Å². The molecule has 1 aromatic carbocycles. The zero-order valence-corrected chi connectivity index (χ0v) is 22.3. The molecule has 186 valence electrons. The fourth-order valence-electron chi connectivity index (χ4n) is 5.95. The van der Waals surface area contributed by atoms with Gasteiger partial charge in [-0.05, 0) is 57.6 Å². The lowest BCUT2D eigenvalue weighted by Gasteiger charge is -2.35. The zero-order valence-electron chi connectivity index (χ0n) is 19.9. The molecule has 3 aliphatic rings. The molecule has 0 radical (unpaired) electrons. The van der Waals surface area contributed by atoms with Crippen molar-refractivity contribution in [3.63, 3.8) is 0 Å². The summed E-state index contributed by atoms with van der Waals surface area (Å²) in [6.45, 7) is 6.47. The molecule has 2 N–H and O–H groups in total. The molecule has 3 saturated heterocycles. The van der Waals surface area contributed by atoms with Crippen LogP contribution in [0, 0.1) is 25.7 Å². The number of rotatable bonds is 9. The third kappa shape index (κ3) is 4.17. The van der Waals surface area contributed by atoms with E-state index in [1.807, 2.05) is 32.0 Å². The summed E-state index contributed by atoms with van der Waals surface area (Å²) in [5, 5.41) is 12.2. The van der Waals surface area contributed by atoms with Crippen LogP contribution in [-0.4, -0.2) is 68.4 Å². The summed E-state index contributed by atoms with van der Waals surface area (Å²) in [6.07, 6.45) is 2.76. The van der Waals surface area contributed by atoms with Gasteiger partial charge >= 0.3 is 5.97 Å². The molecular weight excluding hydrogens is 520 g/mol. The number of halogens is 1. The fraction of sp³-hybridized carbons (Fsp3) is 0.640. The first-order chi connectivity index (χ1) is 16.3. The maximum atomic E-state index is 13.9. The molecule has 3 aliphatic heterocycles. The topological polar surface area (TPSA) is 95.9 Å². The van der Waals surface area contributed by atoms with Crippen molar-refractivity contribution in [1.29, 1.82) is 0 Å². The molecule has 34 heavy (non-hydrogen) atoms.